The van der Waals surface area contributed by atoms with Gasteiger partial charge in [0.25, 0.3) is 0 Å². The van der Waals surface area contributed by atoms with Crippen molar-refractivity contribution in [2.24, 2.45) is 0 Å². The number of hydrogen-bond donors (Lipinski definition) is 5. The van der Waals surface area contributed by atoms with Crippen LogP contribution in [0.1, 0.15) is 16.0 Å². The standard InChI is InChI=1S/C20H23NO6S/c1-10-5-6-28-15(10)7-11-8-21-12-3-2-4-13(16(11)12)26-20-19(25)18(24)17(23)14(9-22)27-20/h2-6,8,14,17-25H,7,9H2,1H3/t14-,17-,18+,19-,20-/m1/s1. The molecule has 7 nitrogen and oxygen atoms in total. The van der Waals surface area contributed by atoms with Crippen LogP contribution in [-0.4, -0.2) is 62.7 Å². The molecule has 3 aromatic rings. The fourth-order valence-corrected chi connectivity index (χ4v) is 4.43. The first kappa shape index (κ1) is 19.4. The molecule has 2 aromatic heterocycles. The molecule has 0 aliphatic carbocycles. The molecular formula is C20H23NO6S. The van der Waals surface area contributed by atoms with Crippen molar-refractivity contribution in [2.45, 2.75) is 44.1 Å². The summed E-state index contributed by atoms with van der Waals surface area (Å²) in [6.07, 6.45) is -3.90. The van der Waals surface area contributed by atoms with Crippen LogP contribution in [0.15, 0.2) is 35.8 Å². The number of aliphatic hydroxyl groups excluding tert-OH is 4. The van der Waals surface area contributed by atoms with E-state index >= 15 is 0 Å². The third-order valence-electron chi connectivity index (χ3n) is 5.16. The number of benzene rings is 1. The monoisotopic (exact) mass is 405 g/mol. The first-order valence-corrected chi connectivity index (χ1v) is 9.96. The molecule has 0 unspecified atom stereocenters. The minimum absolute atomic E-state index is 0.493. The topological polar surface area (TPSA) is 115 Å². The predicted molar refractivity (Wildman–Crippen MR) is 105 cm³/mol. The van der Waals surface area contributed by atoms with Crippen LogP contribution in [0.3, 0.4) is 0 Å². The Bertz CT molecular complexity index is 951. The Morgan fingerprint density at radius 3 is 2.68 bits per heavy atom. The lowest BCUT2D eigenvalue weighted by molar-refractivity contribution is -0.277. The number of aliphatic hydroxyl groups is 4. The maximum Gasteiger partial charge on any atom is 0.229 e. The molecule has 1 aromatic carbocycles. The van der Waals surface area contributed by atoms with Crippen molar-refractivity contribution >= 4 is 22.2 Å². The highest BCUT2D eigenvalue weighted by molar-refractivity contribution is 7.10. The Morgan fingerprint density at radius 1 is 1.14 bits per heavy atom. The smallest absolute Gasteiger partial charge is 0.229 e. The van der Waals surface area contributed by atoms with Crippen molar-refractivity contribution in [3.63, 3.8) is 0 Å². The fraction of sp³-hybridized carbons (Fsp3) is 0.400. The Morgan fingerprint density at radius 2 is 1.96 bits per heavy atom. The van der Waals surface area contributed by atoms with Crippen LogP contribution in [0.25, 0.3) is 10.9 Å². The summed E-state index contributed by atoms with van der Waals surface area (Å²) in [6.45, 7) is 1.58. The highest BCUT2D eigenvalue weighted by Gasteiger charge is 2.44. The molecule has 0 radical (unpaired) electrons. The zero-order chi connectivity index (χ0) is 19.8. The van der Waals surface area contributed by atoms with Gasteiger partial charge in [-0.2, -0.15) is 0 Å². The van der Waals surface area contributed by atoms with E-state index in [4.69, 9.17) is 9.47 Å². The summed E-state index contributed by atoms with van der Waals surface area (Å²) < 4.78 is 11.4. The van der Waals surface area contributed by atoms with E-state index in [0.29, 0.717) is 5.75 Å². The van der Waals surface area contributed by atoms with E-state index in [1.54, 1.807) is 17.4 Å². The van der Waals surface area contributed by atoms with Gasteiger partial charge in [-0.25, -0.2) is 0 Å². The summed E-state index contributed by atoms with van der Waals surface area (Å²) in [4.78, 5) is 4.49. The number of aryl methyl sites for hydroxylation is 1. The number of rotatable bonds is 5. The molecule has 1 saturated heterocycles. The van der Waals surface area contributed by atoms with Crippen molar-refractivity contribution in [2.75, 3.05) is 6.61 Å². The zero-order valence-corrected chi connectivity index (χ0v) is 16.1. The minimum Gasteiger partial charge on any atom is -0.461 e. The molecule has 5 N–H and O–H groups in total. The van der Waals surface area contributed by atoms with Gasteiger partial charge in [-0.3, -0.25) is 0 Å². The maximum absolute atomic E-state index is 10.3. The highest BCUT2D eigenvalue weighted by Crippen LogP contribution is 2.34. The lowest BCUT2D eigenvalue weighted by Gasteiger charge is -2.39. The molecule has 1 aliphatic rings. The summed E-state index contributed by atoms with van der Waals surface area (Å²) >= 11 is 1.69. The number of aromatic nitrogens is 1. The second-order valence-corrected chi connectivity index (χ2v) is 8.01. The molecule has 0 bridgehead atoms. The number of thiophene rings is 1. The quantitative estimate of drug-likeness (QED) is 0.437. The van der Waals surface area contributed by atoms with Gasteiger partial charge in [-0.1, -0.05) is 6.07 Å². The van der Waals surface area contributed by atoms with Crippen molar-refractivity contribution in [3.8, 4) is 5.75 Å². The van der Waals surface area contributed by atoms with E-state index in [1.807, 2.05) is 18.3 Å². The third-order valence-corrected chi connectivity index (χ3v) is 6.18. The van der Waals surface area contributed by atoms with Crippen LogP contribution >= 0.6 is 11.3 Å². The van der Waals surface area contributed by atoms with Crippen LogP contribution in [0.4, 0.5) is 0 Å². The summed E-state index contributed by atoms with van der Waals surface area (Å²) in [6, 6.07) is 7.60. The van der Waals surface area contributed by atoms with Gasteiger partial charge in [0.05, 0.1) is 6.61 Å². The van der Waals surface area contributed by atoms with Gasteiger partial charge in [0.15, 0.2) is 0 Å². The number of fused-ring (bicyclic) bond motifs is 1. The van der Waals surface area contributed by atoms with E-state index in [9.17, 15) is 20.4 Å². The van der Waals surface area contributed by atoms with Gasteiger partial charge in [0.2, 0.25) is 6.29 Å². The Balaban J connectivity index is 1.65. The molecule has 0 amide bonds. The Labute approximate surface area is 165 Å². The molecule has 3 heterocycles. The molecule has 0 spiro atoms. The van der Waals surface area contributed by atoms with E-state index in [1.165, 1.54) is 10.4 Å². The Kier molecular flexibility index (Phi) is 5.42. The van der Waals surface area contributed by atoms with Crippen molar-refractivity contribution in [3.05, 3.63) is 51.8 Å². The summed E-state index contributed by atoms with van der Waals surface area (Å²) in [5, 5.41) is 42.5. The largest absolute Gasteiger partial charge is 0.461 e. The average molecular weight is 405 g/mol. The van der Waals surface area contributed by atoms with Gasteiger partial charge in [0, 0.05) is 28.4 Å². The lowest BCUT2D eigenvalue weighted by Crippen LogP contribution is -2.60. The average Bonchev–Trinajstić information content (AvgIpc) is 3.29. The number of H-pyrrole nitrogens is 1. The normalized spacial score (nSPS) is 28.0. The first-order chi connectivity index (χ1) is 13.5. The molecule has 150 valence electrons. The van der Waals surface area contributed by atoms with Crippen molar-refractivity contribution < 1.29 is 29.9 Å². The predicted octanol–water partition coefficient (Wildman–Crippen LogP) is 1.31. The SMILES string of the molecule is Cc1ccsc1Cc1c[nH]c2cccc(O[C@@H]3O[C@H](CO)[C@@H](O)[C@H](O)[C@H]3O)c12. The molecule has 28 heavy (non-hydrogen) atoms. The first-order valence-electron chi connectivity index (χ1n) is 9.08. The van der Waals surface area contributed by atoms with Crippen molar-refractivity contribution in [1.29, 1.82) is 0 Å². The van der Waals surface area contributed by atoms with E-state index in [0.717, 1.165) is 22.9 Å². The number of aromatic amines is 1. The molecule has 5 atom stereocenters. The van der Waals surface area contributed by atoms with Crippen LogP contribution in [0.5, 0.6) is 5.75 Å². The highest BCUT2D eigenvalue weighted by atomic mass is 32.1. The molecular weight excluding hydrogens is 382 g/mol. The van der Waals surface area contributed by atoms with Crippen LogP contribution < -0.4 is 4.74 Å². The van der Waals surface area contributed by atoms with Crippen LogP contribution in [0, 0.1) is 6.92 Å². The van der Waals surface area contributed by atoms with Gasteiger partial charge in [-0.15, -0.1) is 11.3 Å². The van der Waals surface area contributed by atoms with Gasteiger partial charge < -0.3 is 34.9 Å². The second kappa shape index (κ2) is 7.82. The third kappa shape index (κ3) is 3.43. The molecule has 0 saturated carbocycles. The summed E-state index contributed by atoms with van der Waals surface area (Å²) in [5.41, 5.74) is 3.15. The lowest BCUT2D eigenvalue weighted by atomic mass is 9.99. The summed E-state index contributed by atoms with van der Waals surface area (Å²) in [7, 11) is 0. The summed E-state index contributed by atoms with van der Waals surface area (Å²) in [5.74, 6) is 0.493. The molecule has 8 heteroatoms. The van der Waals surface area contributed by atoms with Gasteiger partial charge in [0.1, 0.15) is 30.2 Å². The molecule has 1 aliphatic heterocycles. The minimum atomic E-state index is -1.48. The van der Waals surface area contributed by atoms with E-state index in [-0.39, 0.29) is 0 Å². The van der Waals surface area contributed by atoms with Crippen LogP contribution in [0.2, 0.25) is 0 Å². The van der Waals surface area contributed by atoms with E-state index in [2.05, 4.69) is 23.4 Å². The Hall–Kier alpha value is -1.94. The zero-order valence-electron chi connectivity index (χ0n) is 15.3. The van der Waals surface area contributed by atoms with E-state index < -0.39 is 37.3 Å². The van der Waals surface area contributed by atoms with Crippen molar-refractivity contribution in [1.82, 2.24) is 4.98 Å². The fourth-order valence-electron chi connectivity index (χ4n) is 3.51. The van der Waals surface area contributed by atoms with Gasteiger partial charge >= 0.3 is 0 Å². The molecule has 4 rings (SSSR count). The number of nitrogens with one attached hydrogen (secondary N) is 1. The number of hydrogen-bond acceptors (Lipinski definition) is 7. The molecule has 1 fully saturated rings. The maximum atomic E-state index is 10.3. The second-order valence-electron chi connectivity index (χ2n) is 7.01. The number of ether oxygens (including phenoxy) is 2. The van der Waals surface area contributed by atoms with Gasteiger partial charge in [-0.05, 0) is 41.6 Å². The van der Waals surface area contributed by atoms with Crippen LogP contribution in [-0.2, 0) is 11.2 Å².